The van der Waals surface area contributed by atoms with Crippen LogP contribution in [0.2, 0.25) is 5.02 Å². The Morgan fingerprint density at radius 1 is 1.44 bits per heavy atom. The molecule has 1 unspecified atom stereocenters. The summed E-state index contributed by atoms with van der Waals surface area (Å²) < 4.78 is 13.5. The van der Waals surface area contributed by atoms with Crippen molar-refractivity contribution < 1.29 is 4.39 Å². The van der Waals surface area contributed by atoms with Gasteiger partial charge in [0.25, 0.3) is 0 Å². The number of nitrogens with one attached hydrogen (secondary N) is 1. The van der Waals surface area contributed by atoms with Crippen LogP contribution in [-0.4, -0.2) is 6.54 Å². The van der Waals surface area contributed by atoms with Gasteiger partial charge in [-0.1, -0.05) is 30.7 Å². The maximum Gasteiger partial charge on any atom is 0.142 e. The summed E-state index contributed by atoms with van der Waals surface area (Å²) in [5.74, 6) is 5.54. The molecule has 0 saturated carbocycles. The molecule has 1 atom stereocenters. The van der Waals surface area contributed by atoms with Crippen molar-refractivity contribution >= 4 is 11.6 Å². The van der Waals surface area contributed by atoms with Gasteiger partial charge in [-0.2, -0.15) is 0 Å². The third-order valence-corrected chi connectivity index (χ3v) is 3.13. The normalized spacial score (nSPS) is 11.8. The smallest absolute Gasteiger partial charge is 0.142 e. The lowest BCUT2D eigenvalue weighted by Crippen LogP contribution is -2.22. The van der Waals surface area contributed by atoms with E-state index in [-0.39, 0.29) is 16.9 Å². The Bertz CT molecular complexity index is 434. The monoisotopic (exact) mass is 267 g/mol. The fourth-order valence-corrected chi connectivity index (χ4v) is 2.07. The molecule has 1 rings (SSSR count). The summed E-state index contributed by atoms with van der Waals surface area (Å²) in [6.45, 7) is 4.81. The second kappa shape index (κ2) is 8.13. The number of halogens is 2. The maximum absolute atomic E-state index is 13.5. The van der Waals surface area contributed by atoms with Crippen LogP contribution in [-0.2, 0) is 0 Å². The highest BCUT2D eigenvalue weighted by Gasteiger charge is 2.15. The van der Waals surface area contributed by atoms with E-state index in [9.17, 15) is 4.39 Å². The number of benzene rings is 1. The summed E-state index contributed by atoms with van der Waals surface area (Å²) in [7, 11) is 0. The second-order valence-electron chi connectivity index (χ2n) is 4.12. The predicted molar refractivity (Wildman–Crippen MR) is 75.1 cm³/mol. The van der Waals surface area contributed by atoms with Crippen molar-refractivity contribution in [1.29, 1.82) is 0 Å². The Hall–Kier alpha value is -1.04. The predicted octanol–water partition coefficient (Wildman–Crippen LogP) is 4.32. The molecule has 98 valence electrons. The Labute approximate surface area is 114 Å². The SMILES string of the molecule is CC#CCCC(NCCC)c1cccc(F)c1Cl. The Morgan fingerprint density at radius 2 is 2.22 bits per heavy atom. The molecule has 0 bridgehead atoms. The van der Waals surface area contributed by atoms with Crippen molar-refractivity contribution in [2.45, 2.75) is 39.2 Å². The van der Waals surface area contributed by atoms with Gasteiger partial charge in [0.15, 0.2) is 0 Å². The van der Waals surface area contributed by atoms with Crippen LogP contribution in [0.4, 0.5) is 4.39 Å². The second-order valence-corrected chi connectivity index (χ2v) is 4.49. The lowest BCUT2D eigenvalue weighted by molar-refractivity contribution is 0.502. The van der Waals surface area contributed by atoms with E-state index in [0.29, 0.717) is 0 Å². The summed E-state index contributed by atoms with van der Waals surface area (Å²) in [5.41, 5.74) is 0.822. The highest BCUT2D eigenvalue weighted by molar-refractivity contribution is 6.31. The minimum absolute atomic E-state index is 0.0639. The van der Waals surface area contributed by atoms with Crippen LogP contribution in [0.5, 0.6) is 0 Å². The molecule has 0 aliphatic heterocycles. The summed E-state index contributed by atoms with van der Waals surface area (Å²) in [6.07, 6.45) is 2.65. The quantitative estimate of drug-likeness (QED) is 0.757. The molecule has 0 radical (unpaired) electrons. The van der Waals surface area contributed by atoms with Crippen LogP contribution in [0.3, 0.4) is 0 Å². The van der Waals surface area contributed by atoms with Crippen LogP contribution < -0.4 is 5.32 Å². The maximum atomic E-state index is 13.5. The molecule has 1 nitrogen and oxygen atoms in total. The molecule has 0 fully saturated rings. The van der Waals surface area contributed by atoms with E-state index in [1.54, 1.807) is 6.07 Å². The zero-order valence-corrected chi connectivity index (χ0v) is 11.6. The van der Waals surface area contributed by atoms with Crippen molar-refractivity contribution in [2.24, 2.45) is 0 Å². The Kier molecular flexibility index (Phi) is 6.78. The zero-order chi connectivity index (χ0) is 13.4. The van der Waals surface area contributed by atoms with Crippen molar-refractivity contribution in [1.82, 2.24) is 5.32 Å². The Balaban J connectivity index is 2.85. The summed E-state index contributed by atoms with van der Waals surface area (Å²) >= 11 is 6.03. The first-order valence-electron chi connectivity index (χ1n) is 6.27. The molecule has 0 spiro atoms. The summed E-state index contributed by atoms with van der Waals surface area (Å²) in [4.78, 5) is 0. The first-order chi connectivity index (χ1) is 8.70. The van der Waals surface area contributed by atoms with Crippen molar-refractivity contribution in [3.8, 4) is 11.8 Å². The van der Waals surface area contributed by atoms with Crippen LogP contribution in [0, 0.1) is 17.7 Å². The molecule has 0 aromatic heterocycles. The standard InChI is InChI=1S/C15H19ClFN/c1-3-5-6-10-14(18-11-4-2)12-8-7-9-13(17)15(12)16/h7-9,14,18H,4,6,10-11H2,1-2H3. The van der Waals surface area contributed by atoms with E-state index in [4.69, 9.17) is 11.6 Å². The van der Waals surface area contributed by atoms with Gasteiger partial charge < -0.3 is 5.32 Å². The molecule has 1 aromatic rings. The van der Waals surface area contributed by atoms with E-state index in [1.807, 2.05) is 13.0 Å². The topological polar surface area (TPSA) is 12.0 Å². The Morgan fingerprint density at radius 3 is 2.89 bits per heavy atom. The first kappa shape index (κ1) is 15.0. The molecular weight excluding hydrogens is 249 g/mol. The van der Waals surface area contributed by atoms with E-state index in [0.717, 1.165) is 31.4 Å². The van der Waals surface area contributed by atoms with Crippen molar-refractivity contribution in [3.05, 3.63) is 34.6 Å². The molecule has 0 aliphatic carbocycles. The van der Waals surface area contributed by atoms with Gasteiger partial charge in [0.1, 0.15) is 5.82 Å². The number of hydrogen-bond acceptors (Lipinski definition) is 1. The van der Waals surface area contributed by atoms with Gasteiger partial charge in [-0.25, -0.2) is 4.39 Å². The molecule has 1 N–H and O–H groups in total. The van der Waals surface area contributed by atoms with Crippen LogP contribution in [0.15, 0.2) is 18.2 Å². The van der Waals surface area contributed by atoms with Gasteiger partial charge in [0, 0.05) is 12.5 Å². The molecule has 0 amide bonds. The van der Waals surface area contributed by atoms with Gasteiger partial charge in [-0.3, -0.25) is 0 Å². The van der Waals surface area contributed by atoms with Gasteiger partial charge in [0.05, 0.1) is 5.02 Å². The summed E-state index contributed by atoms with van der Waals surface area (Å²) in [6, 6.07) is 5.02. The lowest BCUT2D eigenvalue weighted by Gasteiger charge is -2.19. The van der Waals surface area contributed by atoms with Crippen molar-refractivity contribution in [3.63, 3.8) is 0 Å². The lowest BCUT2D eigenvalue weighted by atomic mass is 10.0. The van der Waals surface area contributed by atoms with E-state index < -0.39 is 0 Å². The molecule has 1 aromatic carbocycles. The molecule has 0 aliphatic rings. The van der Waals surface area contributed by atoms with Crippen molar-refractivity contribution in [2.75, 3.05) is 6.54 Å². The fraction of sp³-hybridized carbons (Fsp3) is 0.467. The highest BCUT2D eigenvalue weighted by Crippen LogP contribution is 2.28. The fourth-order valence-electron chi connectivity index (χ4n) is 1.82. The number of hydrogen-bond donors (Lipinski definition) is 1. The molecule has 0 heterocycles. The molecule has 18 heavy (non-hydrogen) atoms. The molecular formula is C15H19ClFN. The van der Waals surface area contributed by atoms with Gasteiger partial charge in [-0.05, 0) is 37.9 Å². The van der Waals surface area contributed by atoms with E-state index in [2.05, 4.69) is 24.1 Å². The minimum atomic E-state index is -0.362. The van der Waals surface area contributed by atoms with Crippen LogP contribution >= 0.6 is 11.6 Å². The van der Waals surface area contributed by atoms with Gasteiger partial charge in [-0.15, -0.1) is 11.8 Å². The van der Waals surface area contributed by atoms with Gasteiger partial charge in [0.2, 0.25) is 0 Å². The third-order valence-electron chi connectivity index (χ3n) is 2.73. The largest absolute Gasteiger partial charge is 0.310 e. The van der Waals surface area contributed by atoms with E-state index >= 15 is 0 Å². The first-order valence-corrected chi connectivity index (χ1v) is 6.65. The molecule has 0 saturated heterocycles. The third kappa shape index (κ3) is 4.33. The van der Waals surface area contributed by atoms with Gasteiger partial charge >= 0.3 is 0 Å². The average Bonchev–Trinajstić information content (AvgIpc) is 2.37. The summed E-state index contributed by atoms with van der Waals surface area (Å²) in [5, 5.41) is 3.61. The van der Waals surface area contributed by atoms with E-state index in [1.165, 1.54) is 6.07 Å². The molecule has 3 heteroatoms. The average molecular weight is 268 g/mol. The minimum Gasteiger partial charge on any atom is -0.310 e. The zero-order valence-electron chi connectivity index (χ0n) is 10.9. The van der Waals surface area contributed by atoms with Crippen LogP contribution in [0.25, 0.3) is 0 Å². The highest BCUT2D eigenvalue weighted by atomic mass is 35.5. The van der Waals surface area contributed by atoms with Crippen LogP contribution in [0.1, 0.15) is 44.7 Å². The number of rotatable bonds is 6.